The molecule has 2 saturated carbocycles. The Labute approximate surface area is 117 Å². The van der Waals surface area contributed by atoms with Crippen molar-refractivity contribution in [2.45, 2.75) is 23.3 Å². The highest BCUT2D eigenvalue weighted by atomic mass is 32.2. The Hall–Kier alpha value is -0.220. The van der Waals surface area contributed by atoms with Gasteiger partial charge >= 0.3 is 0 Å². The minimum atomic E-state index is 0.734. The molecule has 0 saturated heterocycles. The molecule has 2 bridgehead atoms. The summed E-state index contributed by atoms with van der Waals surface area (Å²) in [5.41, 5.74) is 0. The first-order valence-corrected chi connectivity index (χ1v) is 8.41. The van der Waals surface area contributed by atoms with E-state index < -0.39 is 0 Å². The summed E-state index contributed by atoms with van der Waals surface area (Å²) >= 11 is 3.86. The van der Waals surface area contributed by atoms with Crippen LogP contribution in [-0.4, -0.2) is 24.7 Å². The molecule has 3 aliphatic carbocycles. The second kappa shape index (κ2) is 4.14. The summed E-state index contributed by atoms with van der Waals surface area (Å²) in [4.78, 5) is 0. The molecule has 0 N–H and O–H groups in total. The van der Waals surface area contributed by atoms with Crippen molar-refractivity contribution in [1.82, 2.24) is 0 Å². The molecule has 1 aliphatic heterocycles. The lowest BCUT2D eigenvalue weighted by molar-refractivity contribution is 0.257. The zero-order valence-corrected chi connectivity index (χ0v) is 12.3. The Balaban J connectivity index is 1.65. The molecule has 6 atom stereocenters. The van der Waals surface area contributed by atoms with Crippen molar-refractivity contribution in [1.29, 1.82) is 0 Å². The molecule has 4 rings (SSSR count). The number of rotatable bonds is 2. The first-order chi connectivity index (χ1) is 8.83. The molecule has 0 radical (unpaired) electrons. The fourth-order valence-electron chi connectivity index (χ4n) is 4.39. The van der Waals surface area contributed by atoms with Crippen molar-refractivity contribution >= 4 is 23.5 Å². The first kappa shape index (κ1) is 11.6. The third kappa shape index (κ3) is 1.39. The number of fused-ring (bicyclic) bond motifs is 8. The Bertz CT molecular complexity index is 432. The lowest BCUT2D eigenvalue weighted by Gasteiger charge is -2.40. The van der Waals surface area contributed by atoms with Crippen molar-refractivity contribution in [3.63, 3.8) is 0 Å². The monoisotopic (exact) mass is 282 g/mol. The van der Waals surface area contributed by atoms with Crippen LogP contribution in [0.3, 0.4) is 0 Å². The number of thioether (sulfide) groups is 2. The quantitative estimate of drug-likeness (QED) is 0.722. The van der Waals surface area contributed by atoms with Gasteiger partial charge in [0.2, 0.25) is 10.2 Å². The van der Waals surface area contributed by atoms with Crippen molar-refractivity contribution in [3.8, 4) is 0 Å². The largest absolute Gasteiger partial charge is 0.487 e. The highest BCUT2D eigenvalue weighted by Gasteiger charge is 2.60. The SMILES string of the molecule is COC1=C(OC)SC2C3CC(C4C=CCC43)C2S1. The van der Waals surface area contributed by atoms with Crippen molar-refractivity contribution < 1.29 is 9.47 Å². The fourth-order valence-corrected chi connectivity index (χ4v) is 7.69. The Morgan fingerprint density at radius 1 is 1.00 bits per heavy atom. The lowest BCUT2D eigenvalue weighted by atomic mass is 9.81. The normalized spacial score (nSPS) is 48.3. The summed E-state index contributed by atoms with van der Waals surface area (Å²) < 4.78 is 11.0. The van der Waals surface area contributed by atoms with Gasteiger partial charge in [-0.1, -0.05) is 35.7 Å². The molecule has 2 nitrogen and oxygen atoms in total. The Morgan fingerprint density at radius 3 is 2.33 bits per heavy atom. The van der Waals surface area contributed by atoms with E-state index in [9.17, 15) is 0 Å². The average Bonchev–Trinajstić information content (AvgIpc) is 3.07. The smallest absolute Gasteiger partial charge is 0.202 e. The molecule has 0 aromatic carbocycles. The minimum Gasteiger partial charge on any atom is -0.487 e. The molecule has 4 heteroatoms. The molecule has 0 spiro atoms. The van der Waals surface area contributed by atoms with E-state index in [1.807, 2.05) is 23.5 Å². The van der Waals surface area contributed by atoms with Gasteiger partial charge in [0.1, 0.15) is 0 Å². The average molecular weight is 282 g/mol. The van der Waals surface area contributed by atoms with Crippen LogP contribution in [0.25, 0.3) is 0 Å². The van der Waals surface area contributed by atoms with Crippen LogP contribution in [0.2, 0.25) is 0 Å². The third-order valence-electron chi connectivity index (χ3n) is 5.04. The highest BCUT2D eigenvalue weighted by molar-refractivity contribution is 8.10. The lowest BCUT2D eigenvalue weighted by Crippen LogP contribution is -2.38. The van der Waals surface area contributed by atoms with E-state index in [4.69, 9.17) is 9.47 Å². The van der Waals surface area contributed by atoms with E-state index in [0.717, 1.165) is 44.4 Å². The number of allylic oxidation sites excluding steroid dienone is 2. The van der Waals surface area contributed by atoms with E-state index in [2.05, 4.69) is 12.2 Å². The van der Waals surface area contributed by atoms with Crippen LogP contribution in [0, 0.1) is 23.7 Å². The fraction of sp³-hybridized carbons (Fsp3) is 0.714. The van der Waals surface area contributed by atoms with E-state index in [-0.39, 0.29) is 0 Å². The molecule has 4 aliphatic rings. The van der Waals surface area contributed by atoms with Crippen LogP contribution < -0.4 is 0 Å². The van der Waals surface area contributed by atoms with Gasteiger partial charge in [-0.05, 0) is 36.5 Å². The molecule has 18 heavy (non-hydrogen) atoms. The molecule has 6 unspecified atom stereocenters. The van der Waals surface area contributed by atoms with Gasteiger partial charge in [-0.3, -0.25) is 0 Å². The summed E-state index contributed by atoms with van der Waals surface area (Å²) in [5.74, 6) is 3.53. The van der Waals surface area contributed by atoms with Crippen LogP contribution in [0.15, 0.2) is 22.3 Å². The summed E-state index contributed by atoms with van der Waals surface area (Å²) in [6.45, 7) is 0. The molecule has 0 aromatic rings. The van der Waals surface area contributed by atoms with Crippen LogP contribution in [0.4, 0.5) is 0 Å². The van der Waals surface area contributed by atoms with Crippen molar-refractivity contribution in [3.05, 3.63) is 22.3 Å². The van der Waals surface area contributed by atoms with Crippen LogP contribution in [0.5, 0.6) is 0 Å². The number of methoxy groups -OCH3 is 2. The highest BCUT2D eigenvalue weighted by Crippen LogP contribution is 2.65. The van der Waals surface area contributed by atoms with E-state index in [1.54, 1.807) is 14.2 Å². The predicted molar refractivity (Wildman–Crippen MR) is 76.1 cm³/mol. The maximum atomic E-state index is 5.50. The Kier molecular flexibility index (Phi) is 2.66. The van der Waals surface area contributed by atoms with Gasteiger partial charge in [-0.25, -0.2) is 0 Å². The van der Waals surface area contributed by atoms with Crippen LogP contribution in [-0.2, 0) is 9.47 Å². The van der Waals surface area contributed by atoms with E-state index >= 15 is 0 Å². The predicted octanol–water partition coefficient (Wildman–Crippen LogP) is 3.47. The van der Waals surface area contributed by atoms with Gasteiger partial charge in [-0.15, -0.1) is 0 Å². The molecule has 0 aromatic heterocycles. The van der Waals surface area contributed by atoms with Gasteiger partial charge in [-0.2, -0.15) is 0 Å². The number of hydrogen-bond acceptors (Lipinski definition) is 4. The molecule has 98 valence electrons. The zero-order valence-electron chi connectivity index (χ0n) is 10.7. The zero-order chi connectivity index (χ0) is 12.3. The van der Waals surface area contributed by atoms with Gasteiger partial charge in [0, 0.05) is 10.5 Å². The van der Waals surface area contributed by atoms with Crippen molar-refractivity contribution in [2.24, 2.45) is 23.7 Å². The standard InChI is InChI=1S/C14H18O2S2/c1-15-13-14(16-2)18-12-10-6-9(11(12)17-13)7-4-3-5-8(7)10/h3-4,7-12H,5-6H2,1-2H3. The molecular weight excluding hydrogens is 264 g/mol. The first-order valence-electron chi connectivity index (χ1n) is 6.65. The minimum absolute atomic E-state index is 0.734. The molecule has 0 amide bonds. The molecule has 2 fully saturated rings. The van der Waals surface area contributed by atoms with E-state index in [1.165, 1.54) is 12.8 Å². The van der Waals surface area contributed by atoms with Gasteiger partial charge < -0.3 is 9.47 Å². The summed E-state index contributed by atoms with van der Waals surface area (Å²) in [6.07, 6.45) is 7.62. The number of hydrogen-bond donors (Lipinski definition) is 0. The van der Waals surface area contributed by atoms with Gasteiger partial charge in [0.15, 0.2) is 0 Å². The summed E-state index contributed by atoms with van der Waals surface area (Å²) in [6, 6.07) is 0. The number of ether oxygens (including phenoxy) is 2. The van der Waals surface area contributed by atoms with Gasteiger partial charge in [0.25, 0.3) is 0 Å². The van der Waals surface area contributed by atoms with E-state index in [0.29, 0.717) is 0 Å². The Morgan fingerprint density at radius 2 is 1.67 bits per heavy atom. The van der Waals surface area contributed by atoms with Crippen molar-refractivity contribution in [2.75, 3.05) is 14.2 Å². The van der Waals surface area contributed by atoms with Gasteiger partial charge in [0.05, 0.1) is 14.2 Å². The van der Waals surface area contributed by atoms with Crippen LogP contribution in [0.1, 0.15) is 12.8 Å². The maximum absolute atomic E-state index is 5.50. The second-order valence-corrected chi connectivity index (χ2v) is 7.92. The summed E-state index contributed by atoms with van der Waals surface area (Å²) in [5, 5.41) is 3.47. The maximum Gasteiger partial charge on any atom is 0.202 e. The third-order valence-corrected chi connectivity index (χ3v) is 8.30. The molecule has 1 heterocycles. The van der Waals surface area contributed by atoms with Crippen LogP contribution >= 0.6 is 23.5 Å². The second-order valence-electron chi connectivity index (χ2n) is 5.62. The molecular formula is C14H18O2S2. The summed E-state index contributed by atoms with van der Waals surface area (Å²) in [7, 11) is 3.52. The topological polar surface area (TPSA) is 18.5 Å².